The summed E-state index contributed by atoms with van der Waals surface area (Å²) in [5.41, 5.74) is -1.94. The zero-order chi connectivity index (χ0) is 12.1. The molecule has 0 aromatic heterocycles. The number of rotatable bonds is 2. The van der Waals surface area contributed by atoms with Crippen LogP contribution in [0.1, 0.15) is 18.4 Å². The first-order chi connectivity index (χ1) is 7.40. The maximum Gasteiger partial charge on any atom is 0.314 e. The summed E-state index contributed by atoms with van der Waals surface area (Å²) in [7, 11) is 0. The van der Waals surface area contributed by atoms with Gasteiger partial charge in [-0.05, 0) is 34.8 Å². The number of benzene rings is 1. The molecule has 1 aliphatic rings. The summed E-state index contributed by atoms with van der Waals surface area (Å²) >= 11 is 2.85. The van der Waals surface area contributed by atoms with Crippen molar-refractivity contribution in [2.75, 3.05) is 0 Å². The molecule has 1 saturated carbocycles. The molecule has 1 aromatic carbocycles. The van der Waals surface area contributed by atoms with Crippen molar-refractivity contribution < 1.29 is 23.8 Å². The summed E-state index contributed by atoms with van der Waals surface area (Å²) in [5.74, 6) is -4.26. The van der Waals surface area contributed by atoms with Crippen molar-refractivity contribution in [1.82, 2.24) is 0 Å². The molecule has 16 heavy (non-hydrogen) atoms. The normalized spacial score (nSPS) is 17.2. The molecule has 1 aromatic rings. The van der Waals surface area contributed by atoms with Crippen LogP contribution >= 0.6 is 15.9 Å². The molecule has 2 N–H and O–H groups in total. The Bertz CT molecular complexity index is 457. The average Bonchev–Trinajstić information content (AvgIpc) is 2.97. The average molecular weight is 293 g/mol. The molecule has 0 bridgehead atoms. The smallest absolute Gasteiger partial charge is 0.314 e. The first-order valence-electron chi connectivity index (χ1n) is 4.50. The molecule has 0 saturated heterocycles. The predicted octanol–water partition coefficient (Wildman–Crippen LogP) is 2.55. The van der Waals surface area contributed by atoms with Gasteiger partial charge in [-0.25, -0.2) is 8.78 Å². The molecule has 1 fully saturated rings. The summed E-state index contributed by atoms with van der Waals surface area (Å²) in [6.45, 7) is 0. The zero-order valence-corrected chi connectivity index (χ0v) is 9.51. The van der Waals surface area contributed by atoms with Crippen LogP contribution in [0, 0.1) is 11.6 Å². The van der Waals surface area contributed by atoms with Crippen LogP contribution in [0.2, 0.25) is 0 Å². The third-order valence-corrected chi connectivity index (χ3v) is 3.39. The van der Waals surface area contributed by atoms with Crippen molar-refractivity contribution >= 4 is 21.9 Å². The number of hydrogen-bond acceptors (Lipinski definition) is 2. The van der Waals surface area contributed by atoms with Gasteiger partial charge in [-0.1, -0.05) is 0 Å². The maximum absolute atomic E-state index is 13.5. The standard InChI is InChI=1S/C10H7BrF2O3/c11-4-3-5(12)7(13)6(8(4)14)10(1-2-10)9(15)16/h3,14H,1-2H2,(H,15,16). The lowest BCUT2D eigenvalue weighted by molar-refractivity contribution is -0.140. The number of carboxylic acid groups (broad SMARTS) is 1. The van der Waals surface area contributed by atoms with Crippen LogP contribution in [-0.2, 0) is 10.2 Å². The van der Waals surface area contributed by atoms with Crippen LogP contribution in [0.4, 0.5) is 8.78 Å². The Kier molecular flexibility index (Phi) is 2.41. The highest BCUT2D eigenvalue weighted by Gasteiger charge is 2.55. The van der Waals surface area contributed by atoms with E-state index in [2.05, 4.69) is 15.9 Å². The van der Waals surface area contributed by atoms with Crippen LogP contribution in [0.25, 0.3) is 0 Å². The molecular formula is C10H7BrF2O3. The van der Waals surface area contributed by atoms with E-state index in [1.165, 1.54) is 0 Å². The van der Waals surface area contributed by atoms with Crippen molar-refractivity contribution in [2.24, 2.45) is 0 Å². The van der Waals surface area contributed by atoms with E-state index in [4.69, 9.17) is 5.11 Å². The third kappa shape index (κ3) is 1.40. The fourth-order valence-corrected chi connectivity index (χ4v) is 2.12. The first-order valence-corrected chi connectivity index (χ1v) is 5.30. The van der Waals surface area contributed by atoms with E-state index in [0.717, 1.165) is 6.07 Å². The van der Waals surface area contributed by atoms with Crippen LogP contribution in [0.5, 0.6) is 5.75 Å². The quantitative estimate of drug-likeness (QED) is 0.824. The SMILES string of the molecule is O=C(O)C1(c2c(O)c(Br)cc(F)c2F)CC1. The van der Waals surface area contributed by atoms with Crippen LogP contribution in [0.15, 0.2) is 10.5 Å². The van der Waals surface area contributed by atoms with E-state index in [1.54, 1.807) is 0 Å². The Balaban J connectivity index is 2.70. The molecular weight excluding hydrogens is 286 g/mol. The van der Waals surface area contributed by atoms with Gasteiger partial charge in [0.25, 0.3) is 0 Å². The van der Waals surface area contributed by atoms with E-state index >= 15 is 0 Å². The molecule has 2 rings (SSSR count). The van der Waals surface area contributed by atoms with Gasteiger partial charge in [0.15, 0.2) is 11.6 Å². The number of aliphatic carboxylic acids is 1. The minimum Gasteiger partial charge on any atom is -0.506 e. The highest BCUT2D eigenvalue weighted by Crippen LogP contribution is 2.53. The number of halogens is 3. The van der Waals surface area contributed by atoms with Gasteiger partial charge in [0.05, 0.1) is 15.5 Å². The van der Waals surface area contributed by atoms with Gasteiger partial charge >= 0.3 is 5.97 Å². The highest BCUT2D eigenvalue weighted by atomic mass is 79.9. The second-order valence-corrected chi connectivity index (χ2v) is 4.62. The van der Waals surface area contributed by atoms with Crippen LogP contribution in [0.3, 0.4) is 0 Å². The Morgan fingerprint density at radius 1 is 1.44 bits per heavy atom. The van der Waals surface area contributed by atoms with E-state index in [0.29, 0.717) is 0 Å². The van der Waals surface area contributed by atoms with Gasteiger partial charge in [-0.15, -0.1) is 0 Å². The van der Waals surface area contributed by atoms with Crippen LogP contribution < -0.4 is 0 Å². The van der Waals surface area contributed by atoms with Gasteiger partial charge in [0, 0.05) is 0 Å². The molecule has 86 valence electrons. The topological polar surface area (TPSA) is 57.5 Å². The first kappa shape index (κ1) is 11.3. The van der Waals surface area contributed by atoms with Crippen molar-refractivity contribution in [3.05, 3.63) is 27.7 Å². The fourth-order valence-electron chi connectivity index (χ4n) is 1.72. The Hall–Kier alpha value is -1.17. The molecule has 6 heteroatoms. The molecule has 0 amide bonds. The van der Waals surface area contributed by atoms with Crippen molar-refractivity contribution in [1.29, 1.82) is 0 Å². The summed E-state index contributed by atoms with van der Waals surface area (Å²) in [6.07, 6.45) is 0.394. The lowest BCUT2D eigenvalue weighted by Gasteiger charge is -2.14. The van der Waals surface area contributed by atoms with E-state index in [9.17, 15) is 18.7 Å². The molecule has 0 atom stereocenters. The number of aromatic hydroxyl groups is 1. The summed E-state index contributed by atoms with van der Waals surface area (Å²) in [4.78, 5) is 11.0. The zero-order valence-electron chi connectivity index (χ0n) is 7.93. The monoisotopic (exact) mass is 292 g/mol. The van der Waals surface area contributed by atoms with Gasteiger partial charge in [0.1, 0.15) is 5.75 Å². The number of phenols is 1. The predicted molar refractivity (Wildman–Crippen MR) is 54.3 cm³/mol. The summed E-state index contributed by atoms with van der Waals surface area (Å²) in [5, 5.41) is 18.6. The van der Waals surface area contributed by atoms with Crippen molar-refractivity contribution in [3.63, 3.8) is 0 Å². The number of phenolic OH excluding ortho intramolecular Hbond substituents is 1. The van der Waals surface area contributed by atoms with Crippen molar-refractivity contribution in [3.8, 4) is 5.75 Å². The number of hydrogen-bond donors (Lipinski definition) is 2. The lowest BCUT2D eigenvalue weighted by Crippen LogP contribution is -2.22. The second-order valence-electron chi connectivity index (χ2n) is 3.77. The second kappa shape index (κ2) is 3.41. The molecule has 0 radical (unpaired) electrons. The van der Waals surface area contributed by atoms with Gasteiger partial charge in [0.2, 0.25) is 0 Å². The molecule has 0 spiro atoms. The highest BCUT2D eigenvalue weighted by molar-refractivity contribution is 9.10. The largest absolute Gasteiger partial charge is 0.506 e. The minimum atomic E-state index is -1.47. The van der Waals surface area contributed by atoms with Crippen molar-refractivity contribution in [2.45, 2.75) is 18.3 Å². The molecule has 0 heterocycles. The maximum atomic E-state index is 13.5. The molecule has 3 nitrogen and oxygen atoms in total. The van der Waals surface area contributed by atoms with E-state index in [1.807, 2.05) is 0 Å². The summed E-state index contributed by atoms with van der Waals surface area (Å²) < 4.78 is 26.6. The van der Waals surface area contributed by atoms with Gasteiger partial charge < -0.3 is 10.2 Å². The minimum absolute atomic E-state index is 0.0473. The van der Waals surface area contributed by atoms with E-state index in [-0.39, 0.29) is 17.3 Å². The van der Waals surface area contributed by atoms with E-state index < -0.39 is 34.3 Å². The fraction of sp³-hybridized carbons (Fsp3) is 0.300. The lowest BCUT2D eigenvalue weighted by atomic mass is 9.94. The Labute approximate surface area is 97.8 Å². The number of carboxylic acids is 1. The molecule has 0 aliphatic heterocycles. The Morgan fingerprint density at radius 2 is 2.00 bits per heavy atom. The van der Waals surface area contributed by atoms with Gasteiger partial charge in [-0.3, -0.25) is 4.79 Å². The van der Waals surface area contributed by atoms with Gasteiger partial charge in [-0.2, -0.15) is 0 Å². The number of carbonyl (C=O) groups is 1. The molecule has 1 aliphatic carbocycles. The Morgan fingerprint density at radius 3 is 2.44 bits per heavy atom. The molecule has 0 unspecified atom stereocenters. The summed E-state index contributed by atoms with van der Waals surface area (Å²) in [6, 6.07) is 0.770. The van der Waals surface area contributed by atoms with Crippen LogP contribution in [-0.4, -0.2) is 16.2 Å². The third-order valence-electron chi connectivity index (χ3n) is 2.78.